The second-order valence-corrected chi connectivity index (χ2v) is 6.27. The van der Waals surface area contributed by atoms with Crippen LogP contribution in [0, 0.1) is 5.41 Å². The Morgan fingerprint density at radius 3 is 2.57 bits per heavy atom. The van der Waals surface area contributed by atoms with Crippen molar-refractivity contribution in [2.24, 2.45) is 5.41 Å². The summed E-state index contributed by atoms with van der Waals surface area (Å²) in [7, 11) is 0. The lowest BCUT2D eigenvalue weighted by Crippen LogP contribution is -2.13. The number of hydrogen-bond donors (Lipinski definition) is 0. The number of ether oxygens (including phenoxy) is 1. The van der Waals surface area contributed by atoms with Crippen LogP contribution < -0.4 is 4.74 Å². The van der Waals surface area contributed by atoms with Gasteiger partial charge in [-0.3, -0.25) is 9.59 Å². The monoisotopic (exact) mass is 312 g/mol. The van der Waals surface area contributed by atoms with Crippen molar-refractivity contribution in [3.63, 3.8) is 0 Å². The van der Waals surface area contributed by atoms with Gasteiger partial charge in [0.25, 0.3) is 5.24 Å². The highest BCUT2D eigenvalue weighted by Gasteiger charge is 2.20. The second-order valence-electron chi connectivity index (χ2n) is 5.93. The third-order valence-corrected chi connectivity index (χ3v) is 2.88. The van der Waals surface area contributed by atoms with Gasteiger partial charge in [0.15, 0.2) is 0 Å². The summed E-state index contributed by atoms with van der Waals surface area (Å²) in [5.41, 5.74) is -0.0859. The molecule has 0 bridgehead atoms. The molecule has 116 valence electrons. The van der Waals surface area contributed by atoms with Crippen LogP contribution in [-0.2, 0) is 4.79 Å². The van der Waals surface area contributed by atoms with E-state index in [1.165, 1.54) is 10.9 Å². The van der Waals surface area contributed by atoms with E-state index < -0.39 is 5.24 Å². The lowest BCUT2D eigenvalue weighted by atomic mass is 9.88. The standard InChI is InChI=1S/C15H21ClN2O3/c1-10(2)21-14-12(13(16)20)9-17-18(14)7-6-15(4,5)8-11(3)19/h6-7,9-10H,8H2,1-5H3/b7-6+. The van der Waals surface area contributed by atoms with Crippen molar-refractivity contribution in [1.29, 1.82) is 0 Å². The number of Topliss-reactive ketones (excluding diaryl/α,β-unsaturated/α-hetero) is 1. The molecule has 0 aliphatic heterocycles. The van der Waals surface area contributed by atoms with Crippen LogP contribution in [0.1, 0.15) is 51.4 Å². The molecule has 0 saturated carbocycles. The van der Waals surface area contributed by atoms with Crippen LogP contribution in [0.15, 0.2) is 12.3 Å². The molecule has 0 atom stereocenters. The van der Waals surface area contributed by atoms with Crippen molar-refractivity contribution < 1.29 is 14.3 Å². The number of carbonyl (C=O) groups is 2. The smallest absolute Gasteiger partial charge is 0.259 e. The number of rotatable bonds is 7. The van der Waals surface area contributed by atoms with Gasteiger partial charge >= 0.3 is 0 Å². The van der Waals surface area contributed by atoms with Crippen molar-refractivity contribution in [2.45, 2.75) is 47.1 Å². The van der Waals surface area contributed by atoms with Crippen molar-refractivity contribution in [2.75, 3.05) is 0 Å². The van der Waals surface area contributed by atoms with Crippen LogP contribution in [-0.4, -0.2) is 26.9 Å². The molecule has 0 N–H and O–H groups in total. The number of aromatic nitrogens is 2. The number of carbonyl (C=O) groups excluding carboxylic acids is 2. The Labute approximate surface area is 129 Å². The maximum absolute atomic E-state index is 11.4. The van der Waals surface area contributed by atoms with Gasteiger partial charge in [-0.25, -0.2) is 4.68 Å². The first-order valence-corrected chi connectivity index (χ1v) is 7.13. The summed E-state index contributed by atoms with van der Waals surface area (Å²) >= 11 is 5.52. The molecule has 0 aromatic carbocycles. The van der Waals surface area contributed by atoms with Gasteiger partial charge in [0.05, 0.1) is 12.3 Å². The molecular formula is C15H21ClN2O3. The van der Waals surface area contributed by atoms with Crippen LogP contribution >= 0.6 is 11.6 Å². The molecule has 1 aromatic rings. The van der Waals surface area contributed by atoms with Crippen LogP contribution in [0.5, 0.6) is 5.88 Å². The molecule has 1 heterocycles. The summed E-state index contributed by atoms with van der Waals surface area (Å²) in [6, 6.07) is 0. The average molecular weight is 313 g/mol. The van der Waals surface area contributed by atoms with Gasteiger partial charge in [-0.2, -0.15) is 5.10 Å². The Bertz CT molecular complexity index is 559. The second kappa shape index (κ2) is 6.89. The molecule has 5 nitrogen and oxygen atoms in total. The third-order valence-electron chi connectivity index (χ3n) is 2.68. The molecule has 0 fully saturated rings. The van der Waals surface area contributed by atoms with Crippen molar-refractivity contribution in [1.82, 2.24) is 9.78 Å². The summed E-state index contributed by atoms with van der Waals surface area (Å²) in [4.78, 5) is 22.6. The van der Waals surface area contributed by atoms with E-state index in [0.29, 0.717) is 12.3 Å². The molecular weight excluding hydrogens is 292 g/mol. The summed E-state index contributed by atoms with van der Waals surface area (Å²) in [6.45, 7) is 9.16. The molecule has 6 heteroatoms. The zero-order valence-corrected chi connectivity index (χ0v) is 13.8. The molecule has 1 rings (SSSR count). The number of halogens is 1. The minimum atomic E-state index is -0.617. The van der Waals surface area contributed by atoms with E-state index in [2.05, 4.69) is 5.10 Å². The highest BCUT2D eigenvalue weighted by molar-refractivity contribution is 6.68. The third kappa shape index (κ3) is 5.34. The van der Waals surface area contributed by atoms with Gasteiger partial charge in [0, 0.05) is 12.6 Å². The highest BCUT2D eigenvalue weighted by Crippen LogP contribution is 2.26. The Balaban J connectivity index is 3.08. The molecule has 0 unspecified atom stereocenters. The van der Waals surface area contributed by atoms with Crippen molar-refractivity contribution in [3.05, 3.63) is 17.8 Å². The van der Waals surface area contributed by atoms with Gasteiger partial charge in [0.1, 0.15) is 11.3 Å². The van der Waals surface area contributed by atoms with Crippen LogP contribution in [0.25, 0.3) is 6.20 Å². The lowest BCUT2D eigenvalue weighted by Gasteiger charge is -2.18. The number of nitrogens with zero attached hydrogens (tertiary/aromatic N) is 2. The quantitative estimate of drug-likeness (QED) is 0.723. The molecule has 21 heavy (non-hydrogen) atoms. The number of ketones is 1. The van der Waals surface area contributed by atoms with Gasteiger partial charge in [-0.05, 0) is 37.8 Å². The summed E-state index contributed by atoms with van der Waals surface area (Å²) in [5.74, 6) is 0.417. The molecule has 0 aliphatic carbocycles. The maximum Gasteiger partial charge on any atom is 0.259 e. The van der Waals surface area contributed by atoms with Crippen LogP contribution in [0.3, 0.4) is 0 Å². The molecule has 0 aliphatic rings. The molecule has 0 spiro atoms. The van der Waals surface area contributed by atoms with Crippen molar-refractivity contribution >= 4 is 28.8 Å². The zero-order chi connectivity index (χ0) is 16.2. The van der Waals surface area contributed by atoms with E-state index >= 15 is 0 Å². The normalized spacial score (nSPS) is 12.1. The van der Waals surface area contributed by atoms with Crippen LogP contribution in [0.2, 0.25) is 0 Å². The Hall–Kier alpha value is -1.62. The fraction of sp³-hybridized carbons (Fsp3) is 0.533. The van der Waals surface area contributed by atoms with Crippen LogP contribution in [0.4, 0.5) is 0 Å². The van der Waals surface area contributed by atoms with E-state index in [1.807, 2.05) is 33.8 Å². The van der Waals surface area contributed by atoms with E-state index in [9.17, 15) is 9.59 Å². The zero-order valence-electron chi connectivity index (χ0n) is 13.0. The topological polar surface area (TPSA) is 61.2 Å². The first-order valence-electron chi connectivity index (χ1n) is 6.75. The minimum Gasteiger partial charge on any atom is -0.474 e. The highest BCUT2D eigenvalue weighted by atomic mass is 35.5. The number of allylic oxidation sites excluding steroid dienone is 1. The summed E-state index contributed by atoms with van der Waals surface area (Å²) in [5, 5.41) is 3.47. The van der Waals surface area contributed by atoms with E-state index in [0.717, 1.165) is 0 Å². The maximum atomic E-state index is 11.4. The predicted molar refractivity (Wildman–Crippen MR) is 82.6 cm³/mol. The van der Waals surface area contributed by atoms with Crippen molar-refractivity contribution in [3.8, 4) is 5.88 Å². The molecule has 0 radical (unpaired) electrons. The van der Waals surface area contributed by atoms with Gasteiger partial charge in [-0.1, -0.05) is 19.9 Å². The lowest BCUT2D eigenvalue weighted by molar-refractivity contribution is -0.118. The first-order chi connectivity index (χ1) is 9.62. The largest absolute Gasteiger partial charge is 0.474 e. The van der Waals surface area contributed by atoms with Gasteiger partial charge in [0.2, 0.25) is 5.88 Å². The number of hydrogen-bond acceptors (Lipinski definition) is 4. The summed E-state index contributed by atoms with van der Waals surface area (Å²) in [6.07, 6.45) is 5.22. The Morgan fingerprint density at radius 2 is 2.10 bits per heavy atom. The van der Waals surface area contributed by atoms with E-state index in [4.69, 9.17) is 16.3 Å². The molecule has 0 saturated heterocycles. The Kier molecular flexibility index (Phi) is 5.72. The van der Waals surface area contributed by atoms with E-state index in [-0.39, 0.29) is 22.9 Å². The van der Waals surface area contributed by atoms with E-state index in [1.54, 1.807) is 13.1 Å². The molecule has 1 aromatic heterocycles. The minimum absolute atomic E-state index is 0.111. The summed E-state index contributed by atoms with van der Waals surface area (Å²) < 4.78 is 7.06. The fourth-order valence-corrected chi connectivity index (χ4v) is 2.04. The van der Waals surface area contributed by atoms with Gasteiger partial charge < -0.3 is 4.74 Å². The SMILES string of the molecule is CC(=O)CC(C)(C)/C=C/n1ncc(C(=O)Cl)c1OC(C)C. The molecule has 0 amide bonds. The predicted octanol–water partition coefficient (Wildman–Crippen LogP) is 3.53. The fourth-order valence-electron chi connectivity index (χ4n) is 1.91. The van der Waals surface area contributed by atoms with Gasteiger partial charge in [-0.15, -0.1) is 0 Å². The Morgan fingerprint density at radius 1 is 1.48 bits per heavy atom. The first kappa shape index (κ1) is 17.4. The average Bonchev–Trinajstić information content (AvgIpc) is 2.67.